The van der Waals surface area contributed by atoms with E-state index in [-0.39, 0.29) is 34.0 Å². The van der Waals surface area contributed by atoms with Crippen LogP contribution in [0.1, 0.15) is 26.2 Å². The summed E-state index contributed by atoms with van der Waals surface area (Å²) >= 11 is 13.1. The number of unbranched alkanes of at least 4 members (excludes halogenated alkanes) is 1. The maximum absolute atomic E-state index is 13.0. The number of aliphatic imine (C=N–C) groups is 1. The third kappa shape index (κ3) is 5.90. The zero-order chi connectivity index (χ0) is 22.5. The third-order valence-corrected chi connectivity index (χ3v) is 6.23. The molecule has 0 bridgehead atoms. The number of aromatic hydroxyl groups is 1. The Labute approximate surface area is 193 Å². The Morgan fingerprint density at radius 3 is 2.52 bits per heavy atom. The normalized spacial score (nSPS) is 17.4. The Morgan fingerprint density at radius 1 is 1.26 bits per heavy atom. The van der Waals surface area contributed by atoms with E-state index in [4.69, 9.17) is 23.2 Å². The first kappa shape index (κ1) is 23.4. The van der Waals surface area contributed by atoms with Crippen LogP contribution in [0.5, 0.6) is 5.75 Å². The second-order valence-corrected chi connectivity index (χ2v) is 8.85. The Hall–Kier alpha value is -2.29. The number of hydrogen-bond acceptors (Lipinski definition) is 5. The minimum Gasteiger partial charge on any atom is -0.505 e. The molecule has 1 atom stereocenters. The number of rotatable bonds is 7. The summed E-state index contributed by atoms with van der Waals surface area (Å²) in [4.78, 5) is 31.4. The lowest BCUT2D eigenvalue weighted by molar-refractivity contribution is -0.128. The number of phenolic OH excluding ortho intramolecular Hbond substituents is 1. The first-order valence-corrected chi connectivity index (χ1v) is 11.2. The molecule has 1 aliphatic rings. The molecular weight excluding hydrogens is 464 g/mol. The molecule has 164 valence electrons. The lowest BCUT2D eigenvalue weighted by Gasteiger charge is -2.16. The maximum Gasteiger partial charge on any atom is 0.242 e. The van der Waals surface area contributed by atoms with Gasteiger partial charge in [-0.25, -0.2) is 9.38 Å². The van der Waals surface area contributed by atoms with Gasteiger partial charge in [0.25, 0.3) is 0 Å². The van der Waals surface area contributed by atoms with Crippen LogP contribution in [0.3, 0.4) is 0 Å². The van der Waals surface area contributed by atoms with Gasteiger partial charge in [0.1, 0.15) is 11.1 Å². The maximum atomic E-state index is 13.0. The molecule has 0 unspecified atom stereocenters. The molecule has 6 nitrogen and oxygen atoms in total. The van der Waals surface area contributed by atoms with Crippen LogP contribution < -0.4 is 5.32 Å². The third-order valence-electron chi connectivity index (χ3n) is 4.48. The highest BCUT2D eigenvalue weighted by Gasteiger charge is 2.38. The van der Waals surface area contributed by atoms with E-state index >= 15 is 0 Å². The minimum atomic E-state index is -0.640. The molecule has 0 saturated carbocycles. The van der Waals surface area contributed by atoms with Crippen molar-refractivity contribution in [1.82, 2.24) is 4.90 Å². The van der Waals surface area contributed by atoms with Gasteiger partial charge in [-0.15, -0.1) is 0 Å². The summed E-state index contributed by atoms with van der Waals surface area (Å²) in [5, 5.41) is 12.3. The monoisotopic (exact) mass is 483 g/mol. The predicted octanol–water partition coefficient (Wildman–Crippen LogP) is 5.60. The minimum absolute atomic E-state index is 0.0523. The van der Waals surface area contributed by atoms with Gasteiger partial charge in [0.15, 0.2) is 10.9 Å². The summed E-state index contributed by atoms with van der Waals surface area (Å²) in [5.41, 5.74) is 0.841. The zero-order valence-corrected chi connectivity index (χ0v) is 18.9. The second kappa shape index (κ2) is 10.3. The molecule has 3 rings (SSSR count). The molecule has 1 aliphatic heterocycles. The zero-order valence-electron chi connectivity index (χ0n) is 16.6. The van der Waals surface area contributed by atoms with Crippen LogP contribution in [0.2, 0.25) is 10.0 Å². The number of nitrogens with zero attached hydrogens (tertiary/aromatic N) is 2. The quantitative estimate of drug-likeness (QED) is 0.536. The summed E-state index contributed by atoms with van der Waals surface area (Å²) < 4.78 is 13.0. The van der Waals surface area contributed by atoms with E-state index in [9.17, 15) is 19.1 Å². The molecule has 2 amide bonds. The number of benzene rings is 2. The standard InChI is InChI=1S/C21H20Cl2FN3O3S/c1-2-3-8-27-20(30)17(11-18(28)25-13-6-4-12(24)5-7-13)31-21(27)26-14-9-15(22)19(29)16(23)10-14/h4-7,9-10,17,29H,2-3,8,11H2,1H3,(H,25,28)/t17-/m0/s1. The Balaban J connectivity index is 1.77. The molecule has 1 heterocycles. The fourth-order valence-electron chi connectivity index (χ4n) is 2.89. The van der Waals surface area contributed by atoms with Crippen molar-refractivity contribution in [2.75, 3.05) is 11.9 Å². The Bertz CT molecular complexity index is 994. The van der Waals surface area contributed by atoms with Crippen molar-refractivity contribution in [3.05, 3.63) is 52.3 Å². The predicted molar refractivity (Wildman–Crippen MR) is 123 cm³/mol. The van der Waals surface area contributed by atoms with Crippen LogP contribution in [-0.2, 0) is 9.59 Å². The van der Waals surface area contributed by atoms with Crippen molar-refractivity contribution < 1.29 is 19.1 Å². The van der Waals surface area contributed by atoms with Gasteiger partial charge in [0.05, 0.1) is 15.7 Å². The molecule has 10 heteroatoms. The number of hydrogen-bond donors (Lipinski definition) is 2. The number of amidine groups is 1. The van der Waals surface area contributed by atoms with Crippen molar-refractivity contribution >= 4 is 63.3 Å². The summed E-state index contributed by atoms with van der Waals surface area (Å²) in [6.45, 7) is 2.48. The molecule has 1 fully saturated rings. The van der Waals surface area contributed by atoms with Gasteiger partial charge in [-0.3, -0.25) is 14.5 Å². The molecule has 0 radical (unpaired) electrons. The van der Waals surface area contributed by atoms with Crippen LogP contribution in [0.25, 0.3) is 0 Å². The molecule has 2 aromatic carbocycles. The lowest BCUT2D eigenvalue weighted by Crippen LogP contribution is -2.34. The van der Waals surface area contributed by atoms with Crippen LogP contribution in [0.4, 0.5) is 15.8 Å². The average Bonchev–Trinajstić information content (AvgIpc) is 3.00. The van der Waals surface area contributed by atoms with Crippen molar-refractivity contribution in [3.63, 3.8) is 0 Å². The van der Waals surface area contributed by atoms with Crippen molar-refractivity contribution in [2.45, 2.75) is 31.4 Å². The molecule has 0 aliphatic carbocycles. The van der Waals surface area contributed by atoms with Gasteiger partial charge < -0.3 is 10.4 Å². The summed E-state index contributed by atoms with van der Waals surface area (Å²) in [6.07, 6.45) is 1.60. The lowest BCUT2D eigenvalue weighted by atomic mass is 10.2. The van der Waals surface area contributed by atoms with Crippen molar-refractivity contribution in [1.29, 1.82) is 0 Å². The number of phenols is 1. The van der Waals surface area contributed by atoms with E-state index in [1.54, 1.807) is 4.90 Å². The highest BCUT2D eigenvalue weighted by Crippen LogP contribution is 2.38. The molecule has 0 aromatic heterocycles. The van der Waals surface area contributed by atoms with E-state index in [1.807, 2.05) is 6.92 Å². The van der Waals surface area contributed by atoms with Gasteiger partial charge in [-0.1, -0.05) is 48.3 Å². The summed E-state index contributed by atoms with van der Waals surface area (Å²) in [6, 6.07) is 8.30. The Kier molecular flexibility index (Phi) is 7.80. The fourth-order valence-corrected chi connectivity index (χ4v) is 4.55. The second-order valence-electron chi connectivity index (χ2n) is 6.86. The van der Waals surface area contributed by atoms with E-state index in [1.165, 1.54) is 48.2 Å². The smallest absolute Gasteiger partial charge is 0.242 e. The van der Waals surface area contributed by atoms with Crippen LogP contribution in [0.15, 0.2) is 41.4 Å². The number of nitrogens with one attached hydrogen (secondary N) is 1. The van der Waals surface area contributed by atoms with E-state index < -0.39 is 11.1 Å². The topological polar surface area (TPSA) is 82.0 Å². The molecule has 1 saturated heterocycles. The van der Waals surface area contributed by atoms with Gasteiger partial charge >= 0.3 is 0 Å². The number of anilines is 1. The van der Waals surface area contributed by atoms with Gasteiger partial charge in [0, 0.05) is 18.7 Å². The summed E-state index contributed by atoms with van der Waals surface area (Å²) in [5.74, 6) is -1.20. The van der Waals surface area contributed by atoms with Gasteiger partial charge in [-0.2, -0.15) is 0 Å². The molecule has 2 aromatic rings. The van der Waals surface area contributed by atoms with E-state index in [0.29, 0.717) is 23.1 Å². The molecule has 0 spiro atoms. The highest BCUT2D eigenvalue weighted by atomic mass is 35.5. The average molecular weight is 484 g/mol. The van der Waals surface area contributed by atoms with Crippen molar-refractivity contribution in [3.8, 4) is 5.75 Å². The van der Waals surface area contributed by atoms with Gasteiger partial charge in [0.2, 0.25) is 11.8 Å². The number of carbonyl (C=O) groups is 2. The highest BCUT2D eigenvalue weighted by molar-refractivity contribution is 8.15. The molecular formula is C21H20Cl2FN3O3S. The van der Waals surface area contributed by atoms with Crippen LogP contribution in [-0.4, -0.2) is 38.8 Å². The number of halogens is 3. The number of amides is 2. The summed E-state index contributed by atoms with van der Waals surface area (Å²) in [7, 11) is 0. The van der Waals surface area contributed by atoms with Crippen molar-refractivity contribution in [2.24, 2.45) is 4.99 Å². The van der Waals surface area contributed by atoms with E-state index in [2.05, 4.69) is 10.3 Å². The largest absolute Gasteiger partial charge is 0.505 e. The van der Waals surface area contributed by atoms with Crippen LogP contribution >= 0.6 is 35.0 Å². The fraction of sp³-hybridized carbons (Fsp3) is 0.286. The Morgan fingerprint density at radius 2 is 1.90 bits per heavy atom. The molecule has 31 heavy (non-hydrogen) atoms. The van der Waals surface area contributed by atoms with Crippen LogP contribution in [0, 0.1) is 5.82 Å². The van der Waals surface area contributed by atoms with E-state index in [0.717, 1.165) is 12.8 Å². The first-order chi connectivity index (χ1) is 14.8. The first-order valence-electron chi connectivity index (χ1n) is 9.58. The molecule has 2 N–H and O–H groups in total. The number of thioether (sulfide) groups is 1. The SMILES string of the molecule is CCCCN1C(=O)[C@H](CC(=O)Nc2ccc(F)cc2)SC1=Nc1cc(Cl)c(O)c(Cl)c1. The number of carbonyl (C=O) groups excluding carboxylic acids is 2. The van der Waals surface area contributed by atoms with Gasteiger partial charge in [-0.05, 0) is 42.8 Å².